The Hall–Kier alpha value is -4.38. The summed E-state index contributed by atoms with van der Waals surface area (Å²) in [6, 6.07) is 33.3. The van der Waals surface area contributed by atoms with Crippen molar-refractivity contribution in [3.63, 3.8) is 0 Å². The molecule has 0 radical (unpaired) electrons. The highest BCUT2D eigenvalue weighted by molar-refractivity contribution is 5.82. The van der Waals surface area contributed by atoms with Gasteiger partial charge in [0.05, 0.1) is 24.9 Å². The van der Waals surface area contributed by atoms with Crippen LogP contribution in [0.25, 0.3) is 11.1 Å². The largest absolute Gasteiger partial charge is 0.453 e. The van der Waals surface area contributed by atoms with Gasteiger partial charge in [-0.1, -0.05) is 97.9 Å². The number of aliphatic hydroxyl groups is 2. The highest BCUT2D eigenvalue weighted by atomic mass is 16.7. The number of nitrogens with one attached hydrogen (secondary N) is 1. The van der Waals surface area contributed by atoms with Crippen LogP contribution < -0.4 is 5.32 Å². The van der Waals surface area contributed by atoms with Crippen LogP contribution in [-0.4, -0.2) is 58.8 Å². The predicted molar refractivity (Wildman–Crippen MR) is 191 cm³/mol. The molecule has 0 bridgehead atoms. The molecule has 1 saturated heterocycles. The summed E-state index contributed by atoms with van der Waals surface area (Å²) in [6.07, 6.45) is -2.70. The zero-order valence-corrected chi connectivity index (χ0v) is 29.4. The number of esters is 1. The van der Waals surface area contributed by atoms with Crippen LogP contribution >= 0.6 is 0 Å². The van der Waals surface area contributed by atoms with E-state index in [0.717, 1.165) is 38.9 Å². The number of nitrogens with zero attached hydrogens (tertiary/aromatic N) is 1. The van der Waals surface area contributed by atoms with Crippen LogP contribution in [0.1, 0.15) is 74.0 Å². The second kappa shape index (κ2) is 17.0. The zero-order chi connectivity index (χ0) is 35.8. The maximum atomic E-state index is 12.4. The van der Waals surface area contributed by atoms with E-state index in [1.807, 2.05) is 111 Å². The number of rotatable bonds is 13. The average molecular weight is 681 g/mol. The molecule has 1 heterocycles. The van der Waals surface area contributed by atoms with Crippen LogP contribution in [0.4, 0.5) is 0 Å². The Morgan fingerprint density at radius 2 is 1.54 bits per heavy atom. The molecule has 1 fully saturated rings. The lowest BCUT2D eigenvalue weighted by molar-refractivity contribution is -0.276. The Morgan fingerprint density at radius 1 is 0.860 bits per heavy atom. The van der Waals surface area contributed by atoms with E-state index in [2.05, 4.69) is 23.2 Å². The van der Waals surface area contributed by atoms with Crippen molar-refractivity contribution in [2.45, 2.75) is 77.6 Å². The molecule has 4 aromatic rings. The van der Waals surface area contributed by atoms with Gasteiger partial charge in [-0.05, 0) is 66.4 Å². The maximum Gasteiger partial charge on any atom is 0.303 e. The van der Waals surface area contributed by atoms with Crippen LogP contribution in [0.15, 0.2) is 103 Å². The Bertz CT molecular complexity index is 1710. The lowest BCUT2D eigenvalue weighted by atomic mass is 9.89. The number of carbonyl (C=O) groups excluding carboxylic acids is 2. The molecule has 0 saturated carbocycles. The minimum atomic E-state index is -0.872. The molecule has 50 heavy (non-hydrogen) atoms. The Balaban J connectivity index is 1.37. The third kappa shape index (κ3) is 9.24. The van der Waals surface area contributed by atoms with Gasteiger partial charge in [0.2, 0.25) is 0 Å². The molecule has 1 amide bonds. The van der Waals surface area contributed by atoms with Crippen LogP contribution in [-0.2, 0) is 37.0 Å². The number of carbonyl (C=O) groups is 2. The molecule has 0 unspecified atom stereocenters. The van der Waals surface area contributed by atoms with E-state index in [-0.39, 0.29) is 43.2 Å². The molecule has 4 aromatic carbocycles. The second-order valence-electron chi connectivity index (χ2n) is 13.2. The van der Waals surface area contributed by atoms with Gasteiger partial charge in [0.25, 0.3) is 5.91 Å². The van der Waals surface area contributed by atoms with Crippen molar-refractivity contribution in [1.82, 2.24) is 10.2 Å². The maximum absolute atomic E-state index is 12.4. The first-order chi connectivity index (χ1) is 24.0. The van der Waals surface area contributed by atoms with Gasteiger partial charge in [0.15, 0.2) is 12.4 Å². The SMILES string of the molecule is CC(=O)O[C@@H](C)C(=O)NCc1cccc(-c2cccc([C@H]3O[C@@H](CN(C)[C@@H](C)[C@H](O)c4ccccc4)[C@@H](C)[C@@H](c4ccc(CO)cc4)O3)c2)c1. The summed E-state index contributed by atoms with van der Waals surface area (Å²) in [5.41, 5.74) is 6.40. The number of aliphatic hydroxyl groups excluding tert-OH is 2. The number of likely N-dealkylation sites (N-methyl/N-ethyl adjacent to an activating group) is 1. The number of amides is 1. The van der Waals surface area contributed by atoms with Crippen molar-refractivity contribution in [3.8, 4) is 11.1 Å². The summed E-state index contributed by atoms with van der Waals surface area (Å²) in [4.78, 5) is 25.8. The van der Waals surface area contributed by atoms with Crippen molar-refractivity contribution in [1.29, 1.82) is 0 Å². The van der Waals surface area contributed by atoms with E-state index in [4.69, 9.17) is 14.2 Å². The minimum absolute atomic E-state index is 0.0200. The van der Waals surface area contributed by atoms with Gasteiger partial charge in [0, 0.05) is 37.5 Å². The third-order valence-electron chi connectivity index (χ3n) is 9.48. The topological polar surface area (TPSA) is 118 Å². The lowest BCUT2D eigenvalue weighted by Crippen LogP contribution is -2.46. The number of benzene rings is 4. The summed E-state index contributed by atoms with van der Waals surface area (Å²) < 4.78 is 18.5. The molecular weight excluding hydrogens is 632 g/mol. The Morgan fingerprint density at radius 3 is 2.22 bits per heavy atom. The highest BCUT2D eigenvalue weighted by Crippen LogP contribution is 2.42. The van der Waals surface area contributed by atoms with Crippen molar-refractivity contribution in [3.05, 3.63) is 131 Å². The quantitative estimate of drug-likeness (QED) is 0.142. The summed E-state index contributed by atoms with van der Waals surface area (Å²) >= 11 is 0. The summed E-state index contributed by atoms with van der Waals surface area (Å²) in [7, 11) is 2.01. The summed E-state index contributed by atoms with van der Waals surface area (Å²) in [5, 5.41) is 23.6. The molecule has 9 heteroatoms. The zero-order valence-electron chi connectivity index (χ0n) is 29.4. The molecule has 3 N–H and O–H groups in total. The van der Waals surface area contributed by atoms with Gasteiger partial charge in [-0.2, -0.15) is 0 Å². The normalized spacial score (nSPS) is 20.9. The van der Waals surface area contributed by atoms with E-state index in [0.29, 0.717) is 6.54 Å². The molecular formula is C41H48N2O7. The van der Waals surface area contributed by atoms with E-state index < -0.39 is 24.5 Å². The first-order valence-electron chi connectivity index (χ1n) is 17.1. The highest BCUT2D eigenvalue weighted by Gasteiger charge is 2.39. The van der Waals surface area contributed by atoms with Gasteiger partial charge >= 0.3 is 5.97 Å². The molecule has 1 aliphatic rings. The molecule has 7 atom stereocenters. The van der Waals surface area contributed by atoms with Gasteiger partial charge < -0.3 is 29.7 Å². The van der Waals surface area contributed by atoms with E-state index in [1.165, 1.54) is 6.92 Å². The predicted octanol–water partition coefficient (Wildman–Crippen LogP) is 6.26. The van der Waals surface area contributed by atoms with Crippen molar-refractivity contribution >= 4 is 11.9 Å². The number of ether oxygens (including phenoxy) is 3. The van der Waals surface area contributed by atoms with Crippen molar-refractivity contribution in [2.75, 3.05) is 13.6 Å². The molecule has 0 spiro atoms. The van der Waals surface area contributed by atoms with E-state index in [9.17, 15) is 19.8 Å². The summed E-state index contributed by atoms with van der Waals surface area (Å²) in [5.74, 6) is -0.887. The van der Waals surface area contributed by atoms with Crippen molar-refractivity contribution < 1.29 is 34.0 Å². The lowest BCUT2D eigenvalue weighted by Gasteiger charge is -2.43. The van der Waals surface area contributed by atoms with Crippen LogP contribution in [0.2, 0.25) is 0 Å². The monoisotopic (exact) mass is 680 g/mol. The Labute approximate surface area is 294 Å². The van der Waals surface area contributed by atoms with Crippen LogP contribution in [0.5, 0.6) is 0 Å². The van der Waals surface area contributed by atoms with Gasteiger partial charge in [-0.25, -0.2) is 0 Å². The smallest absolute Gasteiger partial charge is 0.303 e. The molecule has 9 nitrogen and oxygen atoms in total. The fourth-order valence-corrected chi connectivity index (χ4v) is 6.31. The van der Waals surface area contributed by atoms with E-state index in [1.54, 1.807) is 6.92 Å². The van der Waals surface area contributed by atoms with E-state index >= 15 is 0 Å². The third-order valence-corrected chi connectivity index (χ3v) is 9.48. The number of hydrogen-bond donors (Lipinski definition) is 3. The first kappa shape index (κ1) is 36.9. The standard InChI is InChI=1S/C41H48N2O7/c1-26-37(24-43(5)27(2)38(46)32-12-7-6-8-13-32)49-41(50-39(26)33-19-17-30(25-44)18-20-33)36-16-10-15-35(22-36)34-14-9-11-31(21-34)23-42-40(47)28(3)48-29(4)45/h6-22,26-28,37-39,41,44,46H,23-25H2,1-5H3,(H,42,47)/t26-,27+,28+,37+,38+,39+,41+/m1/s1. The van der Waals surface area contributed by atoms with Crippen LogP contribution in [0.3, 0.4) is 0 Å². The fraction of sp³-hybridized carbons (Fsp3) is 0.366. The van der Waals surface area contributed by atoms with Gasteiger partial charge in [-0.15, -0.1) is 0 Å². The molecule has 264 valence electrons. The second-order valence-corrected chi connectivity index (χ2v) is 13.2. The minimum Gasteiger partial charge on any atom is -0.453 e. The van der Waals surface area contributed by atoms with Gasteiger partial charge in [-0.3, -0.25) is 14.5 Å². The molecule has 5 rings (SSSR count). The molecule has 0 aromatic heterocycles. The number of hydrogen-bond acceptors (Lipinski definition) is 8. The van der Waals surface area contributed by atoms with Crippen molar-refractivity contribution in [2.24, 2.45) is 5.92 Å². The molecule has 1 aliphatic heterocycles. The molecule has 0 aliphatic carbocycles. The summed E-state index contributed by atoms with van der Waals surface area (Å²) in [6.45, 7) is 7.79. The Kier molecular flexibility index (Phi) is 12.6. The van der Waals surface area contributed by atoms with Gasteiger partial charge in [0.1, 0.15) is 0 Å². The average Bonchev–Trinajstić information content (AvgIpc) is 3.14. The first-order valence-corrected chi connectivity index (χ1v) is 17.1. The van der Waals surface area contributed by atoms with Crippen LogP contribution in [0, 0.1) is 5.92 Å². The fourth-order valence-electron chi connectivity index (χ4n) is 6.31.